The number of nitrogens with zero attached hydrogens (tertiary/aromatic N) is 2. The molecule has 0 bridgehead atoms. The van der Waals surface area contributed by atoms with Crippen LogP contribution in [0.3, 0.4) is 0 Å². The number of aromatic nitrogens is 1. The molecule has 4 aromatic rings. The smallest absolute Gasteiger partial charge is 0.227 e. The van der Waals surface area contributed by atoms with Crippen LogP contribution in [0.15, 0.2) is 77.2 Å². The zero-order valence-corrected chi connectivity index (χ0v) is 17.5. The SMILES string of the molecule is COc1ccc(CC(=O)N2CCC[C@@H]2c2nc3cc(-c4ccccc4)ccc3o2)cc1. The number of carbonyl (C=O) groups excluding carboxylic acids is 1. The van der Waals surface area contributed by atoms with Crippen molar-refractivity contribution in [1.82, 2.24) is 9.88 Å². The lowest BCUT2D eigenvalue weighted by Gasteiger charge is -2.22. The van der Waals surface area contributed by atoms with E-state index < -0.39 is 0 Å². The molecular weight excluding hydrogens is 388 g/mol. The molecule has 1 aliphatic rings. The van der Waals surface area contributed by atoms with Crippen LogP contribution in [0.4, 0.5) is 0 Å². The van der Waals surface area contributed by atoms with Crippen LogP contribution in [-0.4, -0.2) is 29.4 Å². The van der Waals surface area contributed by atoms with Crippen LogP contribution in [-0.2, 0) is 11.2 Å². The first-order chi connectivity index (χ1) is 15.2. The second-order valence-electron chi connectivity index (χ2n) is 7.87. The van der Waals surface area contributed by atoms with Crippen molar-refractivity contribution in [2.75, 3.05) is 13.7 Å². The summed E-state index contributed by atoms with van der Waals surface area (Å²) in [5.41, 5.74) is 4.80. The molecule has 5 heteroatoms. The fourth-order valence-electron chi connectivity index (χ4n) is 4.24. The van der Waals surface area contributed by atoms with Gasteiger partial charge in [0.1, 0.15) is 17.3 Å². The van der Waals surface area contributed by atoms with Crippen LogP contribution in [0.25, 0.3) is 22.2 Å². The first-order valence-corrected chi connectivity index (χ1v) is 10.6. The van der Waals surface area contributed by atoms with E-state index in [2.05, 4.69) is 18.2 Å². The summed E-state index contributed by atoms with van der Waals surface area (Å²) in [6.45, 7) is 0.730. The average molecular weight is 412 g/mol. The van der Waals surface area contributed by atoms with Crippen molar-refractivity contribution in [3.8, 4) is 16.9 Å². The summed E-state index contributed by atoms with van der Waals surface area (Å²) in [6, 6.07) is 23.8. The van der Waals surface area contributed by atoms with Gasteiger partial charge in [0.2, 0.25) is 11.8 Å². The minimum absolute atomic E-state index is 0.0971. The van der Waals surface area contributed by atoms with E-state index >= 15 is 0 Å². The summed E-state index contributed by atoms with van der Waals surface area (Å²) < 4.78 is 11.3. The molecule has 5 rings (SSSR count). The average Bonchev–Trinajstić information content (AvgIpc) is 3.46. The maximum Gasteiger partial charge on any atom is 0.227 e. The Morgan fingerprint density at radius 3 is 2.65 bits per heavy atom. The number of fused-ring (bicyclic) bond motifs is 1. The largest absolute Gasteiger partial charge is 0.497 e. The Labute approximate surface area is 181 Å². The Bertz CT molecular complexity index is 1200. The fourth-order valence-corrected chi connectivity index (χ4v) is 4.24. The van der Waals surface area contributed by atoms with Crippen LogP contribution in [0, 0.1) is 0 Å². The number of hydrogen-bond donors (Lipinski definition) is 0. The maximum atomic E-state index is 13.0. The molecule has 1 saturated heterocycles. The molecule has 1 atom stereocenters. The Hall–Kier alpha value is -3.60. The molecule has 3 aromatic carbocycles. The number of carbonyl (C=O) groups is 1. The van der Waals surface area contributed by atoms with Crippen molar-refractivity contribution >= 4 is 17.0 Å². The Kier molecular flexibility index (Phi) is 5.16. The van der Waals surface area contributed by atoms with Crippen LogP contribution in [0.5, 0.6) is 5.75 Å². The standard InChI is InChI=1S/C26H24N2O3/c1-30-21-12-9-18(10-13-21)16-25(29)28-15-5-8-23(28)26-27-22-17-20(11-14-24(22)31-26)19-6-3-2-4-7-19/h2-4,6-7,9-14,17,23H,5,8,15-16H2,1H3/t23-/m1/s1. The van der Waals surface area contributed by atoms with Crippen molar-refractivity contribution in [3.05, 3.63) is 84.3 Å². The molecule has 0 radical (unpaired) electrons. The van der Waals surface area contributed by atoms with Crippen LogP contribution >= 0.6 is 0 Å². The van der Waals surface area contributed by atoms with Gasteiger partial charge in [0, 0.05) is 6.54 Å². The Balaban J connectivity index is 1.37. The number of likely N-dealkylation sites (tertiary alicyclic amines) is 1. The molecule has 0 unspecified atom stereocenters. The first kappa shape index (κ1) is 19.4. The van der Waals surface area contributed by atoms with Gasteiger partial charge in [0.05, 0.1) is 13.5 Å². The van der Waals surface area contributed by atoms with Gasteiger partial charge in [-0.05, 0) is 53.8 Å². The monoisotopic (exact) mass is 412 g/mol. The molecule has 0 spiro atoms. The van der Waals surface area contributed by atoms with Gasteiger partial charge in [-0.3, -0.25) is 4.79 Å². The third-order valence-corrected chi connectivity index (χ3v) is 5.88. The van der Waals surface area contributed by atoms with E-state index in [4.69, 9.17) is 14.1 Å². The van der Waals surface area contributed by atoms with Gasteiger partial charge in [-0.15, -0.1) is 0 Å². The fraction of sp³-hybridized carbons (Fsp3) is 0.231. The van der Waals surface area contributed by atoms with Gasteiger partial charge in [0.15, 0.2) is 5.58 Å². The second kappa shape index (κ2) is 8.26. The number of ether oxygens (including phenoxy) is 1. The van der Waals surface area contributed by atoms with Gasteiger partial charge in [-0.25, -0.2) is 4.98 Å². The Morgan fingerprint density at radius 1 is 1.06 bits per heavy atom. The van der Waals surface area contributed by atoms with E-state index in [0.29, 0.717) is 12.3 Å². The van der Waals surface area contributed by atoms with E-state index in [1.54, 1.807) is 7.11 Å². The molecular formula is C26H24N2O3. The number of rotatable bonds is 5. The quantitative estimate of drug-likeness (QED) is 0.440. The summed E-state index contributed by atoms with van der Waals surface area (Å²) >= 11 is 0. The predicted molar refractivity (Wildman–Crippen MR) is 120 cm³/mol. The van der Waals surface area contributed by atoms with E-state index in [1.807, 2.05) is 59.5 Å². The number of oxazole rings is 1. The number of methoxy groups -OCH3 is 1. The third-order valence-electron chi connectivity index (χ3n) is 5.88. The van der Waals surface area contributed by atoms with Crippen LogP contribution in [0.1, 0.15) is 30.3 Å². The molecule has 156 valence electrons. The molecule has 1 fully saturated rings. The third kappa shape index (κ3) is 3.91. The van der Waals surface area contributed by atoms with Gasteiger partial charge < -0.3 is 14.1 Å². The summed E-state index contributed by atoms with van der Waals surface area (Å²) in [4.78, 5) is 19.7. The highest BCUT2D eigenvalue weighted by molar-refractivity contribution is 5.81. The van der Waals surface area contributed by atoms with Gasteiger partial charge in [-0.2, -0.15) is 0 Å². The highest BCUT2D eigenvalue weighted by atomic mass is 16.5. The predicted octanol–water partition coefficient (Wildman–Crippen LogP) is 5.41. The number of amides is 1. The summed E-state index contributed by atoms with van der Waals surface area (Å²) in [7, 11) is 1.64. The van der Waals surface area contributed by atoms with Gasteiger partial charge >= 0.3 is 0 Å². The van der Waals surface area contributed by atoms with Crippen LogP contribution < -0.4 is 4.74 Å². The van der Waals surface area contributed by atoms with Gasteiger partial charge in [0.25, 0.3) is 0 Å². The topological polar surface area (TPSA) is 55.6 Å². The van der Waals surface area contributed by atoms with E-state index in [0.717, 1.165) is 52.9 Å². The highest BCUT2D eigenvalue weighted by Gasteiger charge is 2.33. The first-order valence-electron chi connectivity index (χ1n) is 10.6. The summed E-state index contributed by atoms with van der Waals surface area (Å²) in [5.74, 6) is 1.51. The van der Waals surface area contributed by atoms with E-state index in [9.17, 15) is 4.79 Å². The molecule has 0 aliphatic carbocycles. The van der Waals surface area contributed by atoms with Crippen molar-refractivity contribution < 1.29 is 13.9 Å². The normalized spacial score (nSPS) is 16.0. The van der Waals surface area contributed by atoms with Crippen molar-refractivity contribution in [2.24, 2.45) is 0 Å². The molecule has 1 aromatic heterocycles. The molecule has 2 heterocycles. The van der Waals surface area contributed by atoms with Crippen LogP contribution in [0.2, 0.25) is 0 Å². The number of benzene rings is 3. The van der Waals surface area contributed by atoms with E-state index in [1.165, 1.54) is 0 Å². The van der Waals surface area contributed by atoms with Crippen molar-refractivity contribution in [2.45, 2.75) is 25.3 Å². The molecule has 0 N–H and O–H groups in total. The zero-order valence-electron chi connectivity index (χ0n) is 17.5. The maximum absolute atomic E-state index is 13.0. The van der Waals surface area contributed by atoms with Gasteiger partial charge in [-0.1, -0.05) is 48.5 Å². The molecule has 0 saturated carbocycles. The number of hydrogen-bond acceptors (Lipinski definition) is 4. The zero-order chi connectivity index (χ0) is 21.2. The lowest BCUT2D eigenvalue weighted by atomic mass is 10.1. The summed E-state index contributed by atoms with van der Waals surface area (Å²) in [6.07, 6.45) is 2.18. The van der Waals surface area contributed by atoms with Crippen molar-refractivity contribution in [1.29, 1.82) is 0 Å². The lowest BCUT2D eigenvalue weighted by molar-refractivity contribution is -0.131. The second-order valence-corrected chi connectivity index (χ2v) is 7.87. The molecule has 31 heavy (non-hydrogen) atoms. The lowest BCUT2D eigenvalue weighted by Crippen LogP contribution is -2.32. The van der Waals surface area contributed by atoms with E-state index in [-0.39, 0.29) is 11.9 Å². The molecule has 1 amide bonds. The van der Waals surface area contributed by atoms with Crippen molar-refractivity contribution in [3.63, 3.8) is 0 Å². The molecule has 1 aliphatic heterocycles. The Morgan fingerprint density at radius 2 is 1.87 bits per heavy atom. The highest BCUT2D eigenvalue weighted by Crippen LogP contribution is 2.34. The molecule has 5 nitrogen and oxygen atoms in total. The summed E-state index contributed by atoms with van der Waals surface area (Å²) in [5, 5.41) is 0. The minimum Gasteiger partial charge on any atom is -0.497 e. The minimum atomic E-state index is -0.113.